The molecule has 2 aromatic rings. The number of hydrogen-bond donors (Lipinski definition) is 0. The van der Waals surface area contributed by atoms with E-state index in [9.17, 15) is 13.2 Å². The summed E-state index contributed by atoms with van der Waals surface area (Å²) in [5.41, 5.74) is 1.67. The Kier molecular flexibility index (Phi) is 6.52. The molecule has 134 valence electrons. The van der Waals surface area contributed by atoms with E-state index in [1.54, 1.807) is 48.6 Å². The van der Waals surface area contributed by atoms with E-state index in [4.69, 9.17) is 0 Å². The molecule has 0 aliphatic heterocycles. The van der Waals surface area contributed by atoms with Crippen LogP contribution in [0.25, 0.3) is 0 Å². The van der Waals surface area contributed by atoms with Gasteiger partial charge < -0.3 is 4.90 Å². The summed E-state index contributed by atoms with van der Waals surface area (Å²) in [6, 6.07) is 12.6. The van der Waals surface area contributed by atoms with Crippen molar-refractivity contribution in [2.75, 3.05) is 30.7 Å². The van der Waals surface area contributed by atoms with Gasteiger partial charge in [0, 0.05) is 39.0 Å². The number of carbonyl (C=O) groups excluding carboxylic acids is 1. The second-order valence-corrected chi connectivity index (χ2v) is 7.75. The van der Waals surface area contributed by atoms with E-state index in [1.165, 1.54) is 4.31 Å². The van der Waals surface area contributed by atoms with E-state index in [1.807, 2.05) is 18.2 Å². The molecule has 0 radical (unpaired) electrons. The SMILES string of the molecule is CN(CCc1ccncc1)C(=O)CCN(c1ccccc1)S(C)(=O)=O. The van der Waals surface area contributed by atoms with Gasteiger partial charge in [-0.15, -0.1) is 0 Å². The van der Waals surface area contributed by atoms with E-state index in [-0.39, 0.29) is 18.9 Å². The fraction of sp³-hybridized carbons (Fsp3) is 0.333. The maximum absolute atomic E-state index is 12.3. The van der Waals surface area contributed by atoms with Crippen LogP contribution < -0.4 is 4.31 Å². The van der Waals surface area contributed by atoms with E-state index in [0.717, 1.165) is 18.2 Å². The van der Waals surface area contributed by atoms with Gasteiger partial charge in [-0.3, -0.25) is 14.1 Å². The summed E-state index contributed by atoms with van der Waals surface area (Å²) in [7, 11) is -1.71. The van der Waals surface area contributed by atoms with E-state index in [0.29, 0.717) is 12.2 Å². The molecule has 1 aromatic heterocycles. The highest BCUT2D eigenvalue weighted by molar-refractivity contribution is 7.92. The molecular weight excluding hydrogens is 338 g/mol. The third-order valence-corrected chi connectivity index (χ3v) is 5.08. The predicted octanol–water partition coefficient (Wildman–Crippen LogP) is 1.94. The Bertz CT molecular complexity index is 780. The number of rotatable bonds is 8. The van der Waals surface area contributed by atoms with Crippen LogP contribution in [0.2, 0.25) is 0 Å². The highest BCUT2D eigenvalue weighted by atomic mass is 32.2. The van der Waals surface area contributed by atoms with Crippen LogP contribution in [0, 0.1) is 0 Å². The molecule has 25 heavy (non-hydrogen) atoms. The molecule has 6 nitrogen and oxygen atoms in total. The number of hydrogen-bond acceptors (Lipinski definition) is 4. The summed E-state index contributed by atoms with van der Waals surface area (Å²) >= 11 is 0. The zero-order valence-electron chi connectivity index (χ0n) is 14.5. The van der Waals surface area contributed by atoms with Gasteiger partial charge in [0.1, 0.15) is 0 Å². The molecule has 0 aliphatic carbocycles. The number of aromatic nitrogens is 1. The minimum Gasteiger partial charge on any atom is -0.345 e. The molecule has 0 bridgehead atoms. The molecule has 2 rings (SSSR count). The first-order chi connectivity index (χ1) is 11.9. The van der Waals surface area contributed by atoms with Gasteiger partial charge >= 0.3 is 0 Å². The predicted molar refractivity (Wildman–Crippen MR) is 98.8 cm³/mol. The molecule has 7 heteroatoms. The van der Waals surface area contributed by atoms with Gasteiger partial charge in [0.25, 0.3) is 0 Å². The van der Waals surface area contributed by atoms with Gasteiger partial charge in [0.2, 0.25) is 15.9 Å². The van der Waals surface area contributed by atoms with Crippen LogP contribution >= 0.6 is 0 Å². The minimum atomic E-state index is -3.44. The van der Waals surface area contributed by atoms with Crippen LogP contribution in [0.4, 0.5) is 5.69 Å². The molecule has 0 saturated carbocycles. The number of pyridine rings is 1. The van der Waals surface area contributed by atoms with Gasteiger partial charge in [-0.1, -0.05) is 18.2 Å². The molecule has 0 N–H and O–H groups in total. The lowest BCUT2D eigenvalue weighted by Crippen LogP contribution is -2.36. The normalized spacial score (nSPS) is 11.1. The molecule has 1 heterocycles. The molecule has 1 amide bonds. The van der Waals surface area contributed by atoms with Crippen molar-refractivity contribution < 1.29 is 13.2 Å². The smallest absolute Gasteiger partial charge is 0.232 e. The Balaban J connectivity index is 1.92. The fourth-order valence-electron chi connectivity index (χ4n) is 2.44. The van der Waals surface area contributed by atoms with Crippen molar-refractivity contribution >= 4 is 21.6 Å². The summed E-state index contributed by atoms with van der Waals surface area (Å²) < 4.78 is 25.3. The first-order valence-corrected chi connectivity index (χ1v) is 9.88. The summed E-state index contributed by atoms with van der Waals surface area (Å²) in [6.07, 6.45) is 5.47. The highest BCUT2D eigenvalue weighted by Crippen LogP contribution is 2.17. The number of para-hydroxylation sites is 1. The average Bonchev–Trinajstić information content (AvgIpc) is 2.60. The number of carbonyl (C=O) groups is 1. The summed E-state index contributed by atoms with van der Waals surface area (Å²) in [5.74, 6) is -0.0846. The second kappa shape index (κ2) is 8.62. The third-order valence-electron chi connectivity index (χ3n) is 3.88. The minimum absolute atomic E-state index is 0.0846. The van der Waals surface area contributed by atoms with Gasteiger partial charge in [-0.2, -0.15) is 0 Å². The first-order valence-electron chi connectivity index (χ1n) is 8.03. The van der Waals surface area contributed by atoms with E-state index >= 15 is 0 Å². The number of amides is 1. The lowest BCUT2D eigenvalue weighted by Gasteiger charge is -2.24. The van der Waals surface area contributed by atoms with Gasteiger partial charge in [-0.25, -0.2) is 8.42 Å². The Morgan fingerprint density at radius 2 is 1.68 bits per heavy atom. The average molecular weight is 361 g/mol. The van der Waals surface area contributed by atoms with Gasteiger partial charge in [0.05, 0.1) is 11.9 Å². The number of nitrogens with zero attached hydrogens (tertiary/aromatic N) is 3. The Hall–Kier alpha value is -2.41. The molecular formula is C18H23N3O3S. The van der Waals surface area contributed by atoms with Crippen molar-refractivity contribution in [1.29, 1.82) is 0 Å². The van der Waals surface area contributed by atoms with Crippen molar-refractivity contribution in [1.82, 2.24) is 9.88 Å². The van der Waals surface area contributed by atoms with Crippen molar-refractivity contribution in [3.05, 3.63) is 60.4 Å². The van der Waals surface area contributed by atoms with Crippen molar-refractivity contribution in [2.45, 2.75) is 12.8 Å². The number of anilines is 1. The first kappa shape index (κ1) is 18.9. The molecule has 0 saturated heterocycles. The molecule has 0 unspecified atom stereocenters. The largest absolute Gasteiger partial charge is 0.345 e. The van der Waals surface area contributed by atoms with Gasteiger partial charge in [-0.05, 0) is 36.2 Å². The van der Waals surface area contributed by atoms with Crippen molar-refractivity contribution in [3.8, 4) is 0 Å². The topological polar surface area (TPSA) is 70.6 Å². The standard InChI is InChI=1S/C18H23N3O3S/c1-20(14-10-16-8-12-19-13-9-16)18(22)11-15-21(25(2,23)24)17-6-4-3-5-7-17/h3-9,12-13H,10-11,14-15H2,1-2H3. The summed E-state index contributed by atoms with van der Waals surface area (Å²) in [6.45, 7) is 0.703. The quantitative estimate of drug-likeness (QED) is 0.720. The van der Waals surface area contributed by atoms with Crippen LogP contribution in [0.5, 0.6) is 0 Å². The number of benzene rings is 1. The molecule has 0 atom stereocenters. The Morgan fingerprint density at radius 3 is 2.28 bits per heavy atom. The zero-order valence-corrected chi connectivity index (χ0v) is 15.3. The molecule has 0 fully saturated rings. The molecule has 0 aliphatic rings. The third kappa shape index (κ3) is 5.86. The van der Waals surface area contributed by atoms with Crippen molar-refractivity contribution in [3.63, 3.8) is 0 Å². The van der Waals surface area contributed by atoms with Crippen LogP contribution in [-0.4, -0.2) is 50.6 Å². The number of likely N-dealkylation sites (N-methyl/N-ethyl adjacent to an activating group) is 1. The maximum atomic E-state index is 12.3. The lowest BCUT2D eigenvalue weighted by molar-refractivity contribution is -0.129. The Labute approximate surface area is 149 Å². The second-order valence-electron chi connectivity index (χ2n) is 5.84. The van der Waals surface area contributed by atoms with Crippen LogP contribution in [0.15, 0.2) is 54.9 Å². The van der Waals surface area contributed by atoms with Crippen LogP contribution in [0.1, 0.15) is 12.0 Å². The Morgan fingerprint density at radius 1 is 1.04 bits per heavy atom. The monoisotopic (exact) mass is 361 g/mol. The van der Waals surface area contributed by atoms with E-state index < -0.39 is 10.0 Å². The summed E-state index contributed by atoms with van der Waals surface area (Å²) in [5, 5.41) is 0. The zero-order chi connectivity index (χ0) is 18.3. The van der Waals surface area contributed by atoms with E-state index in [2.05, 4.69) is 4.98 Å². The van der Waals surface area contributed by atoms with Crippen LogP contribution in [0.3, 0.4) is 0 Å². The fourth-order valence-corrected chi connectivity index (χ4v) is 3.37. The highest BCUT2D eigenvalue weighted by Gasteiger charge is 2.19. The molecule has 0 spiro atoms. The molecule has 1 aromatic carbocycles. The lowest BCUT2D eigenvalue weighted by atomic mass is 10.2. The van der Waals surface area contributed by atoms with Crippen LogP contribution in [-0.2, 0) is 21.2 Å². The van der Waals surface area contributed by atoms with Gasteiger partial charge in [0.15, 0.2) is 0 Å². The van der Waals surface area contributed by atoms with Crippen molar-refractivity contribution in [2.24, 2.45) is 0 Å². The maximum Gasteiger partial charge on any atom is 0.232 e. The number of sulfonamides is 1. The summed E-state index contributed by atoms with van der Waals surface area (Å²) in [4.78, 5) is 17.9.